The maximum absolute atomic E-state index is 13.3. The smallest absolute Gasteiger partial charge is 0.257 e. The summed E-state index contributed by atoms with van der Waals surface area (Å²) in [5, 5.41) is 1.00. The fraction of sp³-hybridized carbons (Fsp3) is 0.167. The highest BCUT2D eigenvalue weighted by atomic mass is 79.9. The number of furan rings is 1. The summed E-state index contributed by atoms with van der Waals surface area (Å²) in [6.07, 6.45) is 6.18. The van der Waals surface area contributed by atoms with Gasteiger partial charge in [-0.25, -0.2) is 4.39 Å². The minimum Gasteiger partial charge on any atom is -0.457 e. The number of hydrogen-bond donors (Lipinski definition) is 1. The quantitative estimate of drug-likeness (QED) is 0.697. The Balaban J connectivity index is 1.56. The fourth-order valence-electron chi connectivity index (χ4n) is 3.07. The third kappa shape index (κ3) is 2.67. The van der Waals surface area contributed by atoms with E-state index in [9.17, 15) is 9.18 Å². The van der Waals surface area contributed by atoms with Crippen LogP contribution in [0.3, 0.4) is 0 Å². The molecule has 1 aromatic carbocycles. The molecule has 6 heteroatoms. The molecule has 2 aromatic heterocycles. The number of amides is 1. The molecule has 1 N–H and O–H groups in total. The Morgan fingerprint density at radius 1 is 1.33 bits per heavy atom. The van der Waals surface area contributed by atoms with E-state index >= 15 is 0 Å². The Morgan fingerprint density at radius 3 is 2.92 bits per heavy atom. The normalized spacial score (nSPS) is 14.9. The van der Waals surface area contributed by atoms with Crippen LogP contribution in [0.2, 0.25) is 0 Å². The maximum Gasteiger partial charge on any atom is 0.257 e. The van der Waals surface area contributed by atoms with Crippen LogP contribution in [0.5, 0.6) is 0 Å². The predicted octanol–water partition coefficient (Wildman–Crippen LogP) is 4.59. The summed E-state index contributed by atoms with van der Waals surface area (Å²) in [4.78, 5) is 17.3. The average molecular weight is 389 g/mol. The molecule has 0 saturated carbocycles. The lowest BCUT2D eigenvalue weighted by atomic mass is 9.98. The summed E-state index contributed by atoms with van der Waals surface area (Å²) in [7, 11) is 0. The van der Waals surface area contributed by atoms with Crippen LogP contribution in [0.4, 0.5) is 4.39 Å². The van der Waals surface area contributed by atoms with Crippen LogP contribution in [0, 0.1) is 5.82 Å². The molecular weight excluding hydrogens is 375 g/mol. The summed E-state index contributed by atoms with van der Waals surface area (Å²) in [6, 6.07) is 6.43. The molecule has 0 aliphatic carbocycles. The van der Waals surface area contributed by atoms with Crippen molar-refractivity contribution in [2.45, 2.75) is 6.42 Å². The number of hydrogen-bond acceptors (Lipinski definition) is 2. The van der Waals surface area contributed by atoms with E-state index in [0.717, 1.165) is 22.9 Å². The first-order chi connectivity index (χ1) is 11.6. The van der Waals surface area contributed by atoms with Gasteiger partial charge in [-0.2, -0.15) is 0 Å². The van der Waals surface area contributed by atoms with Crippen molar-refractivity contribution < 1.29 is 13.6 Å². The largest absolute Gasteiger partial charge is 0.457 e. The standard InChI is InChI=1S/C18H14BrFN2O2/c19-17-7-12(10-24-17)18(23)22-5-3-11(4-6-22)15-9-21-16-8-13(20)1-2-14(15)16/h1-3,7-10,21H,4-6H2. The second-order valence-corrected chi connectivity index (χ2v) is 6.54. The molecule has 24 heavy (non-hydrogen) atoms. The van der Waals surface area contributed by atoms with E-state index in [4.69, 9.17) is 4.42 Å². The summed E-state index contributed by atoms with van der Waals surface area (Å²) in [5.74, 6) is -0.294. The predicted molar refractivity (Wildman–Crippen MR) is 93.2 cm³/mol. The van der Waals surface area contributed by atoms with Crippen LogP contribution in [-0.4, -0.2) is 28.9 Å². The molecule has 122 valence electrons. The zero-order valence-corrected chi connectivity index (χ0v) is 14.3. The van der Waals surface area contributed by atoms with Crippen LogP contribution >= 0.6 is 15.9 Å². The SMILES string of the molecule is O=C(c1coc(Br)c1)N1CC=C(c2c[nH]c3cc(F)ccc23)CC1. The molecule has 3 heterocycles. The van der Waals surface area contributed by atoms with Crippen molar-refractivity contribution in [2.24, 2.45) is 0 Å². The second-order valence-electron chi connectivity index (χ2n) is 5.76. The van der Waals surface area contributed by atoms with E-state index in [0.29, 0.717) is 23.3 Å². The molecule has 1 amide bonds. The number of carbonyl (C=O) groups is 1. The van der Waals surface area contributed by atoms with Gasteiger partial charge in [0.1, 0.15) is 12.1 Å². The minimum atomic E-state index is -0.253. The lowest BCUT2D eigenvalue weighted by molar-refractivity contribution is 0.0772. The summed E-state index contributed by atoms with van der Waals surface area (Å²) < 4.78 is 19.0. The van der Waals surface area contributed by atoms with Crippen LogP contribution in [0.25, 0.3) is 16.5 Å². The number of aromatic amines is 1. The summed E-state index contributed by atoms with van der Waals surface area (Å²) >= 11 is 3.21. The van der Waals surface area contributed by atoms with Gasteiger partial charge in [-0.15, -0.1) is 0 Å². The van der Waals surface area contributed by atoms with Crippen molar-refractivity contribution in [3.63, 3.8) is 0 Å². The Kier molecular flexibility index (Phi) is 3.76. The van der Waals surface area contributed by atoms with Crippen molar-refractivity contribution in [1.29, 1.82) is 0 Å². The van der Waals surface area contributed by atoms with E-state index in [1.165, 1.54) is 24.0 Å². The molecule has 0 bridgehead atoms. The first-order valence-corrected chi connectivity index (χ1v) is 8.40. The number of aromatic nitrogens is 1. The van der Waals surface area contributed by atoms with Gasteiger partial charge in [0.05, 0.1) is 5.56 Å². The number of nitrogens with zero attached hydrogens (tertiary/aromatic N) is 1. The number of halogens is 2. The van der Waals surface area contributed by atoms with Crippen molar-refractivity contribution >= 4 is 38.3 Å². The van der Waals surface area contributed by atoms with Gasteiger partial charge in [-0.05, 0) is 46.1 Å². The first-order valence-electron chi connectivity index (χ1n) is 7.61. The zero-order valence-electron chi connectivity index (χ0n) is 12.7. The molecule has 4 nitrogen and oxygen atoms in total. The monoisotopic (exact) mass is 388 g/mol. The third-order valence-electron chi connectivity index (χ3n) is 4.30. The third-order valence-corrected chi connectivity index (χ3v) is 4.72. The lowest BCUT2D eigenvalue weighted by Gasteiger charge is -2.26. The highest BCUT2D eigenvalue weighted by molar-refractivity contribution is 9.10. The Labute approximate surface area is 146 Å². The van der Waals surface area contributed by atoms with Crippen LogP contribution in [0.15, 0.2) is 51.9 Å². The molecule has 1 aliphatic heterocycles. The topological polar surface area (TPSA) is 49.2 Å². The molecule has 4 rings (SSSR count). The number of H-pyrrole nitrogens is 1. The molecule has 3 aromatic rings. The van der Waals surface area contributed by atoms with Gasteiger partial charge in [0.15, 0.2) is 4.67 Å². The number of fused-ring (bicyclic) bond motifs is 1. The number of benzene rings is 1. The summed E-state index contributed by atoms with van der Waals surface area (Å²) in [5.41, 5.74) is 3.57. The van der Waals surface area contributed by atoms with Gasteiger partial charge in [-0.1, -0.05) is 6.08 Å². The number of carbonyl (C=O) groups excluding carboxylic acids is 1. The molecule has 0 saturated heterocycles. The molecule has 1 aliphatic rings. The van der Waals surface area contributed by atoms with E-state index in [1.807, 2.05) is 6.20 Å². The lowest BCUT2D eigenvalue weighted by Crippen LogP contribution is -2.34. The van der Waals surface area contributed by atoms with Gasteiger partial charge in [0, 0.05) is 41.8 Å². The van der Waals surface area contributed by atoms with Crippen molar-refractivity contribution in [3.05, 3.63) is 64.4 Å². The second kappa shape index (κ2) is 5.94. The van der Waals surface area contributed by atoms with Crippen LogP contribution in [0.1, 0.15) is 22.3 Å². The molecule has 0 unspecified atom stereocenters. The van der Waals surface area contributed by atoms with E-state index < -0.39 is 0 Å². The molecule has 0 spiro atoms. The minimum absolute atomic E-state index is 0.0410. The Bertz CT molecular complexity index is 957. The van der Waals surface area contributed by atoms with Crippen molar-refractivity contribution in [2.75, 3.05) is 13.1 Å². The maximum atomic E-state index is 13.3. The van der Waals surface area contributed by atoms with Gasteiger partial charge in [0.2, 0.25) is 0 Å². The molecule has 0 fully saturated rings. The Morgan fingerprint density at radius 2 is 2.21 bits per heavy atom. The number of nitrogens with one attached hydrogen (secondary N) is 1. The Hall–Kier alpha value is -2.34. The molecular formula is C18H14BrFN2O2. The molecule has 0 radical (unpaired) electrons. The van der Waals surface area contributed by atoms with Crippen LogP contribution in [-0.2, 0) is 0 Å². The van der Waals surface area contributed by atoms with Gasteiger partial charge in [-0.3, -0.25) is 4.79 Å². The van der Waals surface area contributed by atoms with Crippen molar-refractivity contribution in [3.8, 4) is 0 Å². The van der Waals surface area contributed by atoms with Crippen LogP contribution < -0.4 is 0 Å². The highest BCUT2D eigenvalue weighted by Gasteiger charge is 2.21. The van der Waals surface area contributed by atoms with Crippen molar-refractivity contribution in [1.82, 2.24) is 9.88 Å². The van der Waals surface area contributed by atoms with Gasteiger partial charge >= 0.3 is 0 Å². The molecule has 0 atom stereocenters. The average Bonchev–Trinajstić information content (AvgIpc) is 3.20. The van der Waals surface area contributed by atoms with E-state index in [1.54, 1.807) is 17.0 Å². The zero-order chi connectivity index (χ0) is 16.7. The van der Waals surface area contributed by atoms with Gasteiger partial charge < -0.3 is 14.3 Å². The summed E-state index contributed by atoms with van der Waals surface area (Å²) in [6.45, 7) is 1.19. The van der Waals surface area contributed by atoms with Gasteiger partial charge in [0.25, 0.3) is 5.91 Å². The first kappa shape index (κ1) is 15.2. The van der Waals surface area contributed by atoms with E-state index in [-0.39, 0.29) is 11.7 Å². The van der Waals surface area contributed by atoms with E-state index in [2.05, 4.69) is 27.0 Å². The highest BCUT2D eigenvalue weighted by Crippen LogP contribution is 2.30. The number of rotatable bonds is 2. The fourth-order valence-corrected chi connectivity index (χ4v) is 3.41.